The summed E-state index contributed by atoms with van der Waals surface area (Å²) in [5.41, 5.74) is -1.05. The van der Waals surface area contributed by atoms with Crippen LogP contribution in [0.2, 0.25) is 0 Å². The van der Waals surface area contributed by atoms with Gasteiger partial charge in [-0.05, 0) is 23.3 Å². The first-order valence-electron chi connectivity index (χ1n) is 3.87. The molecule has 6 heteroatoms. The van der Waals surface area contributed by atoms with Crippen LogP contribution in [0, 0.1) is 5.82 Å². The first-order valence-corrected chi connectivity index (χ1v) is 3.87. The Balaban J connectivity index is 3.10. The van der Waals surface area contributed by atoms with Gasteiger partial charge in [-0.2, -0.15) is 0 Å². The van der Waals surface area contributed by atoms with E-state index < -0.39 is 18.4 Å². The largest absolute Gasteiger partial charge is 0.527 e. The fourth-order valence-corrected chi connectivity index (χ4v) is 1.09. The highest BCUT2D eigenvalue weighted by Crippen LogP contribution is 2.17. The zero-order valence-corrected chi connectivity index (χ0v) is 7.35. The van der Waals surface area contributed by atoms with Crippen LogP contribution in [-0.4, -0.2) is 19.6 Å². The van der Waals surface area contributed by atoms with Gasteiger partial charge in [-0.25, -0.2) is 4.39 Å². The van der Waals surface area contributed by atoms with E-state index in [0.29, 0.717) is 0 Å². The molecule has 1 nitrogen and oxygen atoms in total. The maximum atomic E-state index is 12.4. The number of hydrogen-bond donors (Lipinski definition) is 0. The van der Waals surface area contributed by atoms with E-state index in [1.54, 1.807) is 0 Å². The lowest BCUT2D eigenvalue weighted by atomic mass is 9.78. The van der Waals surface area contributed by atoms with E-state index in [1.165, 1.54) is 0 Å². The molecule has 0 saturated carbocycles. The van der Waals surface area contributed by atoms with E-state index in [-0.39, 0.29) is 5.56 Å². The Kier molecular flexibility index (Phi) is 2.93. The highest BCUT2D eigenvalue weighted by Gasteiger charge is 2.30. The van der Waals surface area contributed by atoms with Crippen molar-refractivity contribution < 1.29 is 17.3 Å². The van der Waals surface area contributed by atoms with Gasteiger partial charge in [0.25, 0.3) is 0 Å². The van der Waals surface area contributed by atoms with Gasteiger partial charge in [-0.3, -0.25) is 0 Å². The van der Waals surface area contributed by atoms with Crippen molar-refractivity contribution in [1.29, 1.82) is 0 Å². The lowest BCUT2D eigenvalue weighted by Gasteiger charge is -2.17. The fraction of sp³-hybridized carbons (Fsp3) is 0.125. The average Bonchev–Trinajstić information content (AvgIpc) is 2.07. The zero-order chi connectivity index (χ0) is 10.8. The van der Waals surface area contributed by atoms with Gasteiger partial charge < -0.3 is 17.9 Å². The summed E-state index contributed by atoms with van der Waals surface area (Å²) in [6, 6.07) is 4.07. The van der Waals surface area contributed by atoms with Crippen LogP contribution in [0.1, 0.15) is 5.56 Å². The monoisotopic (exact) mass is 204 g/mol. The van der Waals surface area contributed by atoms with Crippen LogP contribution in [0.5, 0.6) is 0 Å². The Morgan fingerprint density at radius 1 is 1.14 bits per heavy atom. The van der Waals surface area contributed by atoms with E-state index >= 15 is 0 Å². The Hall–Kier alpha value is -1.33. The first kappa shape index (κ1) is 10.8. The molecule has 0 N–H and O–H groups in total. The van der Waals surface area contributed by atoms with E-state index in [1.807, 2.05) is 0 Å². The van der Waals surface area contributed by atoms with E-state index in [0.717, 1.165) is 31.3 Å². The molecule has 14 heavy (non-hydrogen) atoms. The molecule has 0 amide bonds. The van der Waals surface area contributed by atoms with Crippen LogP contribution in [0.3, 0.4) is 0 Å². The second-order valence-corrected chi connectivity index (χ2v) is 2.69. The van der Waals surface area contributed by atoms with Crippen molar-refractivity contribution in [3.63, 3.8) is 0 Å². The number of rotatable bonds is 2. The Morgan fingerprint density at radius 2 is 1.64 bits per heavy atom. The molecule has 76 valence electrons. The number of nitrogens with zero attached hydrogens (tertiary/aromatic N) is 1. The molecule has 0 saturated heterocycles. The van der Waals surface area contributed by atoms with Crippen molar-refractivity contribution in [3.05, 3.63) is 35.6 Å². The molecule has 0 atom stereocenters. The minimum absolute atomic E-state index is 0.110. The van der Waals surface area contributed by atoms with Crippen LogP contribution in [0.25, 0.3) is 0 Å². The number of halogens is 4. The standard InChI is InChI=1S/C8H7BF4N/c1-14-8(9(11,12)13)6-2-4-7(10)5-3-6/h2-5H,1H3/q-1. The molecule has 1 aromatic carbocycles. The van der Waals surface area contributed by atoms with Crippen LogP contribution in [-0.2, 0) is 0 Å². The quantitative estimate of drug-likeness (QED) is 0.398. The van der Waals surface area contributed by atoms with Gasteiger partial charge in [0.2, 0.25) is 0 Å². The summed E-state index contributed by atoms with van der Waals surface area (Å²) >= 11 is 0. The van der Waals surface area contributed by atoms with Crippen molar-refractivity contribution in [2.24, 2.45) is 4.99 Å². The molecule has 0 bridgehead atoms. The van der Waals surface area contributed by atoms with Crippen molar-refractivity contribution in [2.45, 2.75) is 0 Å². The molecule has 0 radical (unpaired) electrons. The smallest absolute Gasteiger partial charge is 0.444 e. The lowest BCUT2D eigenvalue weighted by molar-refractivity contribution is 0.508. The van der Waals surface area contributed by atoms with Gasteiger partial charge in [0.05, 0.1) is 0 Å². The van der Waals surface area contributed by atoms with Gasteiger partial charge in [-0.15, -0.1) is 0 Å². The van der Waals surface area contributed by atoms with E-state index in [9.17, 15) is 17.3 Å². The molecule has 1 aromatic rings. The molecule has 0 fully saturated rings. The predicted molar refractivity (Wildman–Crippen MR) is 47.9 cm³/mol. The van der Waals surface area contributed by atoms with Crippen LogP contribution in [0.4, 0.5) is 17.3 Å². The second-order valence-electron chi connectivity index (χ2n) is 2.69. The van der Waals surface area contributed by atoms with Crippen molar-refractivity contribution in [2.75, 3.05) is 7.05 Å². The van der Waals surface area contributed by atoms with Crippen LogP contribution >= 0.6 is 0 Å². The molecular weight excluding hydrogens is 197 g/mol. The van der Waals surface area contributed by atoms with Crippen molar-refractivity contribution in [3.8, 4) is 0 Å². The number of hydrogen-bond acceptors (Lipinski definition) is 1. The molecule has 0 unspecified atom stereocenters. The summed E-state index contributed by atoms with van der Waals surface area (Å²) in [5.74, 6) is -0.570. The Labute approximate surface area is 78.5 Å². The molecule has 0 spiro atoms. The maximum Gasteiger partial charge on any atom is 0.527 e. The molecule has 1 rings (SSSR count). The summed E-state index contributed by atoms with van der Waals surface area (Å²) in [6.45, 7) is -5.14. The van der Waals surface area contributed by atoms with E-state index in [4.69, 9.17) is 0 Å². The molecule has 0 aromatic heterocycles. The highest BCUT2D eigenvalue weighted by molar-refractivity contribution is 6.94. The van der Waals surface area contributed by atoms with Crippen molar-refractivity contribution >= 4 is 12.6 Å². The molecule has 0 aliphatic carbocycles. The van der Waals surface area contributed by atoms with Gasteiger partial charge in [0.1, 0.15) is 5.82 Å². The topological polar surface area (TPSA) is 12.4 Å². The van der Waals surface area contributed by atoms with Crippen LogP contribution in [0.15, 0.2) is 29.3 Å². The fourth-order valence-electron chi connectivity index (χ4n) is 1.09. The summed E-state index contributed by atoms with van der Waals surface area (Å²) < 4.78 is 49.5. The third-order valence-electron chi connectivity index (χ3n) is 1.69. The lowest BCUT2D eigenvalue weighted by Crippen LogP contribution is -2.30. The van der Waals surface area contributed by atoms with E-state index in [2.05, 4.69) is 4.99 Å². The summed E-state index contributed by atoms with van der Waals surface area (Å²) in [5, 5.41) is 0. The average molecular weight is 204 g/mol. The molecular formula is C8H7BF4N-. The molecule has 0 aliphatic heterocycles. The third kappa shape index (κ3) is 2.34. The number of benzene rings is 1. The second kappa shape index (κ2) is 3.81. The summed E-state index contributed by atoms with van der Waals surface area (Å²) in [4.78, 5) is 3.16. The summed E-state index contributed by atoms with van der Waals surface area (Å²) in [7, 11) is 1.06. The van der Waals surface area contributed by atoms with Gasteiger partial charge in [0.15, 0.2) is 0 Å². The predicted octanol–water partition coefficient (Wildman–Crippen LogP) is 2.63. The van der Waals surface area contributed by atoms with Crippen LogP contribution < -0.4 is 0 Å². The molecule has 0 heterocycles. The highest BCUT2D eigenvalue weighted by atomic mass is 19.4. The molecule has 0 aliphatic rings. The normalized spacial score (nSPS) is 13.1. The minimum atomic E-state index is -5.14. The zero-order valence-electron chi connectivity index (χ0n) is 7.35. The maximum absolute atomic E-state index is 12.4. The van der Waals surface area contributed by atoms with Gasteiger partial charge >= 0.3 is 6.98 Å². The summed E-state index contributed by atoms with van der Waals surface area (Å²) in [6.07, 6.45) is 0. The van der Waals surface area contributed by atoms with Gasteiger partial charge in [-0.1, -0.05) is 12.1 Å². The van der Waals surface area contributed by atoms with Gasteiger partial charge in [0, 0.05) is 7.05 Å². The number of aliphatic imine (C=N–C) groups is 1. The minimum Gasteiger partial charge on any atom is -0.444 e. The third-order valence-corrected chi connectivity index (χ3v) is 1.69. The first-order chi connectivity index (χ1) is 6.45. The Morgan fingerprint density at radius 3 is 2.00 bits per heavy atom. The Bertz CT molecular complexity index is 341. The SMILES string of the molecule is CN=C(c1ccc(F)cc1)[B-](F)(F)F. The van der Waals surface area contributed by atoms with Crippen molar-refractivity contribution in [1.82, 2.24) is 0 Å².